The molecule has 6 aromatic carbocycles. The molecule has 51 heavy (non-hydrogen) atoms. The van der Waals surface area contributed by atoms with Crippen LogP contribution in [0.3, 0.4) is 0 Å². The standard InChI is InChI=1S/C42H23F3N6/c43-42(44,45)35-14-8-7-13-31(35)32-18-17-30(41-49-39(28-9-3-1-4-10-28)48-40(50-41)29-11-5-2-6-12-29)23-38(32)51-36-19-15-26(24-46)21-33(36)34-22-27(25-47)16-20-37(34)51/h1-23H. The molecule has 8 aromatic rings. The quantitative estimate of drug-likeness (QED) is 0.182. The molecular weight excluding hydrogens is 645 g/mol. The van der Waals surface area contributed by atoms with Crippen molar-refractivity contribution < 1.29 is 13.2 Å². The third kappa shape index (κ3) is 5.63. The number of benzene rings is 6. The Morgan fingerprint density at radius 3 is 1.49 bits per heavy atom. The Kier molecular flexibility index (Phi) is 7.59. The van der Waals surface area contributed by atoms with Crippen LogP contribution < -0.4 is 0 Å². The van der Waals surface area contributed by atoms with Gasteiger partial charge in [-0.3, -0.25) is 0 Å². The maximum atomic E-state index is 14.5. The lowest BCUT2D eigenvalue weighted by Crippen LogP contribution is -2.08. The molecule has 0 aliphatic carbocycles. The summed E-state index contributed by atoms with van der Waals surface area (Å²) in [5.74, 6) is 1.22. The van der Waals surface area contributed by atoms with E-state index in [2.05, 4.69) is 12.1 Å². The molecule has 0 aliphatic rings. The fourth-order valence-corrected chi connectivity index (χ4v) is 6.41. The Labute approximate surface area is 290 Å². The lowest BCUT2D eigenvalue weighted by molar-refractivity contribution is -0.137. The topological polar surface area (TPSA) is 91.2 Å². The van der Waals surface area contributed by atoms with Crippen LogP contribution in [0.1, 0.15) is 16.7 Å². The highest BCUT2D eigenvalue weighted by Crippen LogP contribution is 2.43. The molecule has 2 aromatic heterocycles. The molecule has 0 radical (unpaired) electrons. The second-order valence-corrected chi connectivity index (χ2v) is 11.8. The number of nitrogens with zero attached hydrogens (tertiary/aromatic N) is 6. The van der Waals surface area contributed by atoms with Crippen LogP contribution in [0.2, 0.25) is 0 Å². The summed E-state index contributed by atoms with van der Waals surface area (Å²) in [7, 11) is 0. The highest BCUT2D eigenvalue weighted by Gasteiger charge is 2.34. The predicted molar refractivity (Wildman–Crippen MR) is 190 cm³/mol. The molecule has 242 valence electrons. The van der Waals surface area contributed by atoms with E-state index in [1.807, 2.05) is 65.2 Å². The first-order valence-electron chi connectivity index (χ1n) is 15.9. The monoisotopic (exact) mass is 668 g/mol. The van der Waals surface area contributed by atoms with Gasteiger partial charge in [-0.1, -0.05) is 91.0 Å². The van der Waals surface area contributed by atoms with Crippen molar-refractivity contribution in [3.8, 4) is 63.1 Å². The molecule has 0 saturated heterocycles. The summed E-state index contributed by atoms with van der Waals surface area (Å²) in [4.78, 5) is 14.5. The second-order valence-electron chi connectivity index (χ2n) is 11.8. The van der Waals surface area contributed by atoms with Crippen LogP contribution >= 0.6 is 0 Å². The largest absolute Gasteiger partial charge is 0.417 e. The van der Waals surface area contributed by atoms with E-state index in [9.17, 15) is 23.7 Å². The first-order chi connectivity index (χ1) is 24.8. The van der Waals surface area contributed by atoms with Gasteiger partial charge >= 0.3 is 6.18 Å². The number of rotatable bonds is 5. The van der Waals surface area contributed by atoms with Crippen LogP contribution in [-0.4, -0.2) is 19.5 Å². The van der Waals surface area contributed by atoms with Crippen LogP contribution in [-0.2, 0) is 6.18 Å². The summed E-state index contributed by atoms with van der Waals surface area (Å²) < 4.78 is 45.5. The molecule has 0 unspecified atom stereocenters. The second kappa shape index (κ2) is 12.4. The van der Waals surface area contributed by atoms with Crippen LogP contribution in [0, 0.1) is 22.7 Å². The Balaban J connectivity index is 1.46. The molecule has 2 heterocycles. The average Bonchev–Trinajstić information content (AvgIpc) is 3.50. The highest BCUT2D eigenvalue weighted by atomic mass is 19.4. The van der Waals surface area contributed by atoms with Gasteiger partial charge in [0, 0.05) is 33.0 Å². The van der Waals surface area contributed by atoms with Gasteiger partial charge in [-0.2, -0.15) is 23.7 Å². The number of halogens is 3. The van der Waals surface area contributed by atoms with Gasteiger partial charge in [0.25, 0.3) is 0 Å². The van der Waals surface area contributed by atoms with E-state index in [1.54, 1.807) is 60.7 Å². The van der Waals surface area contributed by atoms with Gasteiger partial charge in [-0.15, -0.1) is 0 Å². The molecule has 9 heteroatoms. The van der Waals surface area contributed by atoms with E-state index in [0.29, 0.717) is 67.2 Å². The molecule has 0 saturated carbocycles. The summed E-state index contributed by atoms with van der Waals surface area (Å²) in [6.07, 6.45) is -4.62. The summed E-state index contributed by atoms with van der Waals surface area (Å²) in [5.41, 5.74) is 4.18. The Morgan fingerprint density at radius 1 is 0.490 bits per heavy atom. The highest BCUT2D eigenvalue weighted by molar-refractivity contribution is 6.10. The molecule has 0 atom stereocenters. The van der Waals surface area contributed by atoms with Crippen molar-refractivity contribution in [2.24, 2.45) is 0 Å². The van der Waals surface area contributed by atoms with Gasteiger partial charge < -0.3 is 4.57 Å². The zero-order chi connectivity index (χ0) is 35.1. The molecular formula is C42H23F3N6. The Hall–Kier alpha value is -7.10. The summed E-state index contributed by atoms with van der Waals surface area (Å²) in [5, 5.41) is 20.8. The molecule has 6 nitrogen and oxygen atoms in total. The zero-order valence-corrected chi connectivity index (χ0v) is 26.6. The molecule has 0 spiro atoms. The van der Waals surface area contributed by atoms with Gasteiger partial charge in [0.1, 0.15) is 0 Å². The third-order valence-corrected chi connectivity index (χ3v) is 8.74. The lowest BCUT2D eigenvalue weighted by Gasteiger charge is -2.19. The molecule has 0 fully saturated rings. The van der Waals surface area contributed by atoms with Crippen molar-refractivity contribution >= 4 is 21.8 Å². The van der Waals surface area contributed by atoms with Crippen LogP contribution in [0.5, 0.6) is 0 Å². The van der Waals surface area contributed by atoms with Crippen molar-refractivity contribution in [2.45, 2.75) is 6.18 Å². The van der Waals surface area contributed by atoms with E-state index >= 15 is 0 Å². The van der Waals surface area contributed by atoms with E-state index < -0.39 is 11.7 Å². The fourth-order valence-electron chi connectivity index (χ4n) is 6.41. The first-order valence-corrected chi connectivity index (χ1v) is 15.9. The van der Waals surface area contributed by atoms with E-state index in [4.69, 9.17) is 15.0 Å². The zero-order valence-electron chi connectivity index (χ0n) is 26.6. The minimum Gasteiger partial charge on any atom is -0.309 e. The average molecular weight is 669 g/mol. The van der Waals surface area contributed by atoms with Gasteiger partial charge in [0.05, 0.1) is 45.5 Å². The predicted octanol–water partition coefficient (Wildman–Crippen LogP) is 10.4. The SMILES string of the molecule is N#Cc1ccc2c(c1)c1cc(C#N)ccc1n2-c1cc(-c2nc(-c3ccccc3)nc(-c3ccccc3)n2)ccc1-c1ccccc1C(F)(F)F. The fraction of sp³-hybridized carbons (Fsp3) is 0.0238. The number of alkyl halides is 3. The van der Waals surface area contributed by atoms with Crippen molar-refractivity contribution in [1.82, 2.24) is 19.5 Å². The number of fused-ring (bicyclic) bond motifs is 3. The van der Waals surface area contributed by atoms with Crippen molar-refractivity contribution in [1.29, 1.82) is 10.5 Å². The lowest BCUT2D eigenvalue weighted by atomic mass is 9.96. The van der Waals surface area contributed by atoms with Crippen LogP contribution in [0.25, 0.3) is 72.8 Å². The van der Waals surface area contributed by atoms with Crippen LogP contribution in [0.4, 0.5) is 13.2 Å². The maximum Gasteiger partial charge on any atom is 0.417 e. The number of hydrogen-bond acceptors (Lipinski definition) is 5. The molecule has 0 bridgehead atoms. The molecule has 0 amide bonds. The summed E-state index contributed by atoms with van der Waals surface area (Å²) >= 11 is 0. The van der Waals surface area contributed by atoms with E-state index in [1.165, 1.54) is 12.1 Å². The van der Waals surface area contributed by atoms with Crippen molar-refractivity contribution in [3.05, 3.63) is 156 Å². The maximum absolute atomic E-state index is 14.5. The number of nitriles is 2. The Morgan fingerprint density at radius 2 is 0.980 bits per heavy atom. The van der Waals surface area contributed by atoms with Gasteiger partial charge in [-0.05, 0) is 54.1 Å². The van der Waals surface area contributed by atoms with Crippen molar-refractivity contribution in [2.75, 3.05) is 0 Å². The molecule has 0 aliphatic heterocycles. The third-order valence-electron chi connectivity index (χ3n) is 8.74. The van der Waals surface area contributed by atoms with E-state index in [0.717, 1.165) is 17.2 Å². The normalized spacial score (nSPS) is 11.4. The summed E-state index contributed by atoms with van der Waals surface area (Å²) in [6, 6.07) is 44.3. The molecule has 0 N–H and O–H groups in total. The molecule has 8 rings (SSSR count). The minimum absolute atomic E-state index is 0.00515. The minimum atomic E-state index is -4.62. The van der Waals surface area contributed by atoms with Crippen molar-refractivity contribution in [3.63, 3.8) is 0 Å². The summed E-state index contributed by atoms with van der Waals surface area (Å²) in [6.45, 7) is 0. The van der Waals surface area contributed by atoms with Gasteiger partial charge in [0.15, 0.2) is 17.5 Å². The van der Waals surface area contributed by atoms with Crippen LogP contribution in [0.15, 0.2) is 140 Å². The first kappa shape index (κ1) is 31.2. The Bertz CT molecular complexity index is 2580. The van der Waals surface area contributed by atoms with Gasteiger partial charge in [0.2, 0.25) is 0 Å². The van der Waals surface area contributed by atoms with E-state index in [-0.39, 0.29) is 5.56 Å². The smallest absolute Gasteiger partial charge is 0.309 e. The number of aromatic nitrogens is 4. The van der Waals surface area contributed by atoms with Gasteiger partial charge in [-0.25, -0.2) is 15.0 Å². The number of hydrogen-bond donors (Lipinski definition) is 0.